The molecule has 26 heteroatoms. The standard InChI is InChI=1S/C27H26FN7O2S.C21H22ClN7O2S.C6H6BFO2/c1-27(2,3)34-38(36,37)22-14-19(15-29-17-22)25-32-26(31-16-21-6-4-5-12-30-21)24-23(11-13-35(24)33-25)18-7-9-20(28)10-8-18;1-21(2,3)28-32(30,31)16-10-14(11-23-13-16)19-26-20(18-17(22)7-9-29(18)27-19)25-12-15-6-4-5-8-24-15;8-6-3-1-5(2-4-6)7(9)10/h4-15,17,34H,16H2,1-3H3,(H,31,32,33);4-11,13,28H,12H2,1-3H3,(H,25,26,27);1-4,9-10H. The number of nitrogens with zero attached hydrogens (tertiary/aromatic N) is 10. The van der Waals surface area contributed by atoms with Crippen LogP contribution < -0.4 is 25.5 Å². The Labute approximate surface area is 465 Å². The molecule has 8 aromatic heterocycles. The quantitative estimate of drug-likeness (QED) is 0.0569. The molecule has 20 nitrogen and oxygen atoms in total. The number of fused-ring (bicyclic) bond motifs is 2. The third-order valence-corrected chi connectivity index (χ3v) is 14.8. The summed E-state index contributed by atoms with van der Waals surface area (Å²) < 4.78 is 85.6. The number of anilines is 2. The van der Waals surface area contributed by atoms with E-state index in [9.17, 15) is 25.6 Å². The van der Waals surface area contributed by atoms with Gasteiger partial charge in [0.1, 0.15) is 32.5 Å². The van der Waals surface area contributed by atoms with Gasteiger partial charge in [0.05, 0.1) is 29.5 Å². The van der Waals surface area contributed by atoms with Gasteiger partial charge in [-0.3, -0.25) is 19.9 Å². The second kappa shape index (κ2) is 24.5. The van der Waals surface area contributed by atoms with Crippen molar-refractivity contribution in [2.45, 2.75) is 75.5 Å². The van der Waals surface area contributed by atoms with Crippen LogP contribution in [0.5, 0.6) is 0 Å². The molecule has 0 amide bonds. The van der Waals surface area contributed by atoms with Gasteiger partial charge in [-0.2, -0.15) is 0 Å². The highest BCUT2D eigenvalue weighted by Gasteiger charge is 2.26. The minimum atomic E-state index is -3.81. The summed E-state index contributed by atoms with van der Waals surface area (Å²) in [4.78, 5) is 26.3. The van der Waals surface area contributed by atoms with E-state index in [1.807, 2.05) is 42.5 Å². The average molecular weight is 1140 g/mol. The van der Waals surface area contributed by atoms with Crippen molar-refractivity contribution in [3.63, 3.8) is 0 Å². The Bertz CT molecular complexity index is 3990. The fourth-order valence-corrected chi connectivity index (χ4v) is 10.7. The molecule has 0 fully saturated rings. The van der Waals surface area contributed by atoms with E-state index >= 15 is 0 Å². The molecule has 10 aromatic rings. The monoisotopic (exact) mass is 1140 g/mol. The molecular formula is C54H54BClF2N14O6S2. The van der Waals surface area contributed by atoms with E-state index in [1.165, 1.54) is 73.3 Å². The van der Waals surface area contributed by atoms with Crippen LogP contribution in [0.2, 0.25) is 5.02 Å². The lowest BCUT2D eigenvalue weighted by Crippen LogP contribution is -2.40. The first-order valence-electron chi connectivity index (χ1n) is 24.5. The average Bonchev–Trinajstić information content (AvgIpc) is 4.08. The molecule has 0 saturated carbocycles. The van der Waals surface area contributed by atoms with Crippen LogP contribution in [0, 0.1) is 11.6 Å². The van der Waals surface area contributed by atoms with Crippen molar-refractivity contribution in [3.05, 3.63) is 187 Å². The van der Waals surface area contributed by atoms with Crippen molar-refractivity contribution in [3.8, 4) is 33.9 Å². The number of rotatable bonds is 14. The molecule has 80 heavy (non-hydrogen) atoms. The van der Waals surface area contributed by atoms with E-state index in [4.69, 9.17) is 26.6 Å². The van der Waals surface area contributed by atoms with Crippen LogP contribution in [0.4, 0.5) is 20.4 Å². The molecule has 0 spiro atoms. The summed E-state index contributed by atoms with van der Waals surface area (Å²) >= 11 is 6.35. The number of aromatic nitrogens is 10. The molecule has 0 atom stereocenters. The summed E-state index contributed by atoms with van der Waals surface area (Å²) in [5.74, 6) is 0.871. The Morgan fingerprint density at radius 1 is 0.575 bits per heavy atom. The second-order valence-corrected chi connectivity index (χ2v) is 23.6. The van der Waals surface area contributed by atoms with Gasteiger partial charge in [-0.25, -0.2) is 54.1 Å². The highest BCUT2D eigenvalue weighted by Crippen LogP contribution is 2.33. The summed E-state index contributed by atoms with van der Waals surface area (Å²) in [5.41, 5.74) is 4.43. The van der Waals surface area contributed by atoms with Crippen molar-refractivity contribution in [2.24, 2.45) is 0 Å². The van der Waals surface area contributed by atoms with E-state index < -0.39 is 38.2 Å². The largest absolute Gasteiger partial charge is 0.488 e. The van der Waals surface area contributed by atoms with Crippen molar-refractivity contribution in [1.82, 2.24) is 58.6 Å². The van der Waals surface area contributed by atoms with Crippen molar-refractivity contribution in [1.29, 1.82) is 0 Å². The van der Waals surface area contributed by atoms with Crippen molar-refractivity contribution >= 4 is 66.9 Å². The Morgan fingerprint density at radius 3 is 1.48 bits per heavy atom. The van der Waals surface area contributed by atoms with E-state index in [0.717, 1.165) is 22.5 Å². The summed E-state index contributed by atoms with van der Waals surface area (Å²) in [6.45, 7) is 11.4. The fourth-order valence-electron chi connectivity index (χ4n) is 7.65. The van der Waals surface area contributed by atoms with Gasteiger partial charge in [-0.15, -0.1) is 10.2 Å². The third kappa shape index (κ3) is 15.1. The first-order chi connectivity index (χ1) is 37.9. The molecule has 10 rings (SSSR count). The molecule has 0 bridgehead atoms. The molecule has 0 aliphatic carbocycles. The Kier molecular flexibility index (Phi) is 17.7. The molecule has 0 unspecified atom stereocenters. The van der Waals surface area contributed by atoms with E-state index in [-0.39, 0.29) is 27.2 Å². The normalized spacial score (nSPS) is 11.8. The number of sulfonamides is 2. The lowest BCUT2D eigenvalue weighted by molar-refractivity contribution is 0.425. The highest BCUT2D eigenvalue weighted by molar-refractivity contribution is 7.89. The van der Waals surface area contributed by atoms with Crippen LogP contribution in [0.25, 0.3) is 44.9 Å². The molecule has 412 valence electrons. The maximum Gasteiger partial charge on any atom is 0.488 e. The Balaban J connectivity index is 0.000000181. The van der Waals surface area contributed by atoms with Crippen molar-refractivity contribution in [2.75, 3.05) is 10.6 Å². The summed E-state index contributed by atoms with van der Waals surface area (Å²) in [5, 5.41) is 33.3. The van der Waals surface area contributed by atoms with E-state index in [2.05, 4.69) is 55.2 Å². The maximum atomic E-state index is 13.6. The van der Waals surface area contributed by atoms with Crippen molar-refractivity contribution < 1.29 is 35.7 Å². The minimum Gasteiger partial charge on any atom is -0.423 e. The lowest BCUT2D eigenvalue weighted by atomic mass is 9.80. The van der Waals surface area contributed by atoms with Gasteiger partial charge in [-0.05, 0) is 125 Å². The van der Waals surface area contributed by atoms with Crippen LogP contribution >= 0.6 is 11.6 Å². The molecule has 0 aliphatic rings. The molecule has 6 N–H and O–H groups in total. The maximum absolute atomic E-state index is 13.6. The molecular weight excluding hydrogens is 1090 g/mol. The van der Waals surface area contributed by atoms with Gasteiger partial charge in [-0.1, -0.05) is 48.0 Å². The Hall–Kier alpha value is -8.17. The third-order valence-electron chi connectivity index (χ3n) is 11.1. The topological polar surface area (TPSA) is 269 Å². The van der Waals surface area contributed by atoms with E-state index in [0.29, 0.717) is 63.2 Å². The minimum absolute atomic E-state index is 0.0103. The predicted octanol–water partition coefficient (Wildman–Crippen LogP) is 7.72. The first-order valence-corrected chi connectivity index (χ1v) is 27.8. The number of hydrogen-bond donors (Lipinski definition) is 6. The molecule has 0 radical (unpaired) electrons. The molecule has 2 aromatic carbocycles. The van der Waals surface area contributed by atoms with Crippen LogP contribution in [0.15, 0.2) is 169 Å². The second-order valence-electron chi connectivity index (χ2n) is 19.9. The van der Waals surface area contributed by atoms with Crippen LogP contribution in [-0.4, -0.2) is 94.2 Å². The van der Waals surface area contributed by atoms with Gasteiger partial charge in [0.15, 0.2) is 23.3 Å². The number of hydrogen-bond acceptors (Lipinski definition) is 16. The Morgan fingerprint density at radius 2 is 1.02 bits per heavy atom. The predicted molar refractivity (Wildman–Crippen MR) is 302 cm³/mol. The number of halogens is 3. The number of benzene rings is 2. The number of nitrogens with one attached hydrogen (secondary N) is 4. The summed E-state index contributed by atoms with van der Waals surface area (Å²) in [7, 11) is -9.09. The van der Waals surface area contributed by atoms with E-state index in [1.54, 1.807) is 93.6 Å². The fraction of sp³-hybridized carbons (Fsp3) is 0.185. The molecule has 8 heterocycles. The lowest BCUT2D eigenvalue weighted by Gasteiger charge is -2.20. The zero-order chi connectivity index (χ0) is 57.4. The van der Waals surface area contributed by atoms with Gasteiger partial charge in [0, 0.05) is 77.3 Å². The first kappa shape index (κ1) is 58.0. The summed E-state index contributed by atoms with van der Waals surface area (Å²) in [6.07, 6.45) is 12.5. The van der Waals surface area contributed by atoms with Gasteiger partial charge in [0.25, 0.3) is 0 Å². The van der Waals surface area contributed by atoms with Gasteiger partial charge in [0.2, 0.25) is 20.0 Å². The molecule has 0 aliphatic heterocycles. The van der Waals surface area contributed by atoms with Crippen LogP contribution in [-0.2, 0) is 33.1 Å². The molecule has 0 saturated heterocycles. The zero-order valence-electron chi connectivity index (χ0n) is 44.0. The number of pyridine rings is 4. The van der Waals surface area contributed by atoms with Gasteiger partial charge < -0.3 is 20.7 Å². The van der Waals surface area contributed by atoms with Crippen LogP contribution in [0.1, 0.15) is 52.9 Å². The smallest absolute Gasteiger partial charge is 0.423 e. The zero-order valence-corrected chi connectivity index (χ0v) is 46.3. The SMILES string of the molecule is CC(C)(C)NS(=O)(=O)c1cncc(-c2nc(NCc3ccccn3)c3c(-c4ccc(F)cc4)ccn3n2)c1.CC(C)(C)NS(=O)(=O)c1cncc(-c2nc(NCc3ccccn3)c3c(Cl)ccn3n2)c1.OB(O)c1ccc(F)cc1. The van der Waals surface area contributed by atoms with Crippen LogP contribution in [0.3, 0.4) is 0 Å². The highest BCUT2D eigenvalue weighted by atomic mass is 35.5. The summed E-state index contributed by atoms with van der Waals surface area (Å²) in [6, 6.07) is 29.0. The van der Waals surface area contributed by atoms with Gasteiger partial charge >= 0.3 is 7.12 Å².